The molecule has 0 fully saturated rings. The lowest BCUT2D eigenvalue weighted by Gasteiger charge is -2.36. The molecule has 0 aliphatic carbocycles. The number of fused-ring (bicyclic) bond motifs is 2. The Balaban J connectivity index is 0.000000191. The maximum Gasteiger partial charge on any atom is 0.416 e. The van der Waals surface area contributed by atoms with Crippen LogP contribution >= 0.6 is 0 Å². The Labute approximate surface area is 199 Å². The zero-order valence-electron chi connectivity index (χ0n) is 20.4. The third kappa shape index (κ3) is 6.02. The van der Waals surface area contributed by atoms with Gasteiger partial charge in [-0.1, -0.05) is 25.1 Å². The quantitative estimate of drug-likeness (QED) is 0.407. The molecule has 2 heterocycles. The summed E-state index contributed by atoms with van der Waals surface area (Å²) in [5, 5.41) is 0. The van der Waals surface area contributed by atoms with E-state index < -0.39 is 18.2 Å². The summed E-state index contributed by atoms with van der Waals surface area (Å²) in [4.78, 5) is 4.32. The average Bonchev–Trinajstić information content (AvgIpc) is 2.81. The van der Waals surface area contributed by atoms with Gasteiger partial charge >= 0.3 is 6.18 Å². The molecule has 7 heteroatoms. The minimum atomic E-state index is -4.25. The average molecular weight is 483 g/mol. The Morgan fingerprint density at radius 2 is 1.38 bits per heavy atom. The standard InChI is InChI=1S/C14H19F2N.C13H16F3N/c1-3-10(2)17-8-4-5-11-6-7-12(14(15)16)9-13(11)17;1-9(2)17-7-3-4-10-5-6-11(8-12(10)17)13(14,15)16/h6-7,9-10,14H,3-5,8H2,1-2H3;5-6,8-9H,3-4,7H2,1-2H3. The van der Waals surface area contributed by atoms with Crippen molar-refractivity contribution in [3.05, 3.63) is 58.7 Å². The van der Waals surface area contributed by atoms with Gasteiger partial charge < -0.3 is 9.80 Å². The van der Waals surface area contributed by atoms with Crippen molar-refractivity contribution in [1.29, 1.82) is 0 Å². The van der Waals surface area contributed by atoms with Crippen LogP contribution in [0, 0.1) is 0 Å². The Morgan fingerprint density at radius 3 is 1.91 bits per heavy atom. The maximum absolute atomic E-state index is 12.7. The van der Waals surface area contributed by atoms with Crippen LogP contribution in [0.15, 0.2) is 36.4 Å². The van der Waals surface area contributed by atoms with Gasteiger partial charge in [0.15, 0.2) is 0 Å². The lowest BCUT2D eigenvalue weighted by atomic mass is 9.98. The largest absolute Gasteiger partial charge is 0.416 e. The van der Waals surface area contributed by atoms with Crippen molar-refractivity contribution in [2.24, 2.45) is 0 Å². The van der Waals surface area contributed by atoms with Crippen molar-refractivity contribution in [1.82, 2.24) is 0 Å². The number of aryl methyl sites for hydroxylation is 2. The molecule has 2 aliphatic heterocycles. The van der Waals surface area contributed by atoms with Crippen LogP contribution in [0.4, 0.5) is 33.3 Å². The highest BCUT2D eigenvalue weighted by molar-refractivity contribution is 5.59. The number of halogens is 5. The van der Waals surface area contributed by atoms with Gasteiger partial charge in [0.2, 0.25) is 0 Å². The first-order valence-electron chi connectivity index (χ1n) is 12.2. The molecule has 1 atom stereocenters. The molecule has 2 aliphatic rings. The fourth-order valence-corrected chi connectivity index (χ4v) is 4.75. The molecule has 0 spiro atoms. The fraction of sp³-hybridized carbons (Fsp3) is 0.556. The van der Waals surface area contributed by atoms with E-state index in [9.17, 15) is 22.0 Å². The van der Waals surface area contributed by atoms with Gasteiger partial charge in [0, 0.05) is 42.1 Å². The van der Waals surface area contributed by atoms with Gasteiger partial charge in [0.1, 0.15) is 0 Å². The highest BCUT2D eigenvalue weighted by Crippen LogP contribution is 2.36. The van der Waals surface area contributed by atoms with Crippen molar-refractivity contribution < 1.29 is 22.0 Å². The minimum Gasteiger partial charge on any atom is -0.369 e. The molecule has 2 nitrogen and oxygen atoms in total. The molecule has 34 heavy (non-hydrogen) atoms. The summed E-state index contributed by atoms with van der Waals surface area (Å²) >= 11 is 0. The van der Waals surface area contributed by atoms with E-state index in [2.05, 4.69) is 18.7 Å². The fourth-order valence-electron chi connectivity index (χ4n) is 4.75. The zero-order valence-corrected chi connectivity index (χ0v) is 20.4. The number of anilines is 2. The molecular formula is C27H35F5N2. The number of alkyl halides is 5. The van der Waals surface area contributed by atoms with Crippen molar-refractivity contribution in [2.75, 3.05) is 22.9 Å². The van der Waals surface area contributed by atoms with Gasteiger partial charge in [-0.15, -0.1) is 0 Å². The third-order valence-electron chi connectivity index (χ3n) is 6.83. The van der Waals surface area contributed by atoms with Gasteiger partial charge in [-0.3, -0.25) is 0 Å². The Bertz CT molecular complexity index is 955. The summed E-state index contributed by atoms with van der Waals surface area (Å²) in [5.41, 5.74) is 3.59. The van der Waals surface area contributed by atoms with E-state index in [1.807, 2.05) is 24.8 Å². The molecule has 0 radical (unpaired) electrons. The van der Waals surface area contributed by atoms with Crippen molar-refractivity contribution >= 4 is 11.4 Å². The Morgan fingerprint density at radius 1 is 0.824 bits per heavy atom. The molecule has 0 amide bonds. The summed E-state index contributed by atoms with van der Waals surface area (Å²) in [6.07, 6.45) is -1.58. The molecule has 0 saturated carbocycles. The van der Waals surface area contributed by atoms with E-state index in [0.717, 1.165) is 62.1 Å². The van der Waals surface area contributed by atoms with Crippen LogP contribution in [0.5, 0.6) is 0 Å². The predicted octanol–water partition coefficient (Wildman–Crippen LogP) is 8.04. The molecule has 2 aromatic carbocycles. The zero-order chi connectivity index (χ0) is 25.0. The number of nitrogens with zero attached hydrogens (tertiary/aromatic N) is 2. The summed E-state index contributed by atoms with van der Waals surface area (Å²) in [5.74, 6) is 0. The first-order chi connectivity index (χ1) is 16.0. The second-order valence-corrected chi connectivity index (χ2v) is 9.48. The highest BCUT2D eigenvalue weighted by Gasteiger charge is 2.32. The molecule has 0 saturated heterocycles. The van der Waals surface area contributed by atoms with Gasteiger partial charge in [-0.25, -0.2) is 8.78 Å². The summed E-state index contributed by atoms with van der Waals surface area (Å²) in [7, 11) is 0. The van der Waals surface area contributed by atoms with E-state index in [4.69, 9.17) is 0 Å². The van der Waals surface area contributed by atoms with E-state index in [1.54, 1.807) is 18.2 Å². The lowest BCUT2D eigenvalue weighted by Crippen LogP contribution is -2.36. The summed E-state index contributed by atoms with van der Waals surface area (Å²) in [6.45, 7) is 10.1. The first-order valence-corrected chi connectivity index (χ1v) is 12.2. The lowest BCUT2D eigenvalue weighted by molar-refractivity contribution is -0.137. The molecule has 4 rings (SSSR count). The van der Waals surface area contributed by atoms with Crippen molar-refractivity contribution in [3.63, 3.8) is 0 Å². The topological polar surface area (TPSA) is 6.48 Å². The van der Waals surface area contributed by atoms with Gasteiger partial charge in [0.05, 0.1) is 5.56 Å². The molecule has 0 aromatic heterocycles. The smallest absolute Gasteiger partial charge is 0.369 e. The third-order valence-corrected chi connectivity index (χ3v) is 6.83. The molecule has 188 valence electrons. The van der Waals surface area contributed by atoms with Crippen molar-refractivity contribution in [2.45, 2.75) is 84.5 Å². The van der Waals surface area contributed by atoms with Gasteiger partial charge in [-0.05, 0) is 82.2 Å². The van der Waals surface area contributed by atoms with Crippen LogP contribution in [0.1, 0.15) is 75.6 Å². The second-order valence-electron chi connectivity index (χ2n) is 9.48. The van der Waals surface area contributed by atoms with Crippen LogP contribution in [0.2, 0.25) is 0 Å². The number of benzene rings is 2. The number of hydrogen-bond donors (Lipinski definition) is 0. The van der Waals surface area contributed by atoms with E-state index in [1.165, 1.54) is 17.7 Å². The van der Waals surface area contributed by atoms with Crippen LogP contribution in [0.3, 0.4) is 0 Å². The van der Waals surface area contributed by atoms with E-state index >= 15 is 0 Å². The van der Waals surface area contributed by atoms with Crippen LogP contribution in [-0.4, -0.2) is 25.2 Å². The maximum atomic E-state index is 12.7. The molecule has 1 unspecified atom stereocenters. The molecule has 0 N–H and O–H groups in total. The van der Waals surface area contributed by atoms with Crippen LogP contribution < -0.4 is 9.80 Å². The molecule has 0 bridgehead atoms. The first kappa shape index (κ1) is 26.3. The molecule has 2 aromatic rings. The number of rotatable bonds is 4. The van der Waals surface area contributed by atoms with Crippen molar-refractivity contribution in [3.8, 4) is 0 Å². The van der Waals surface area contributed by atoms with E-state index in [-0.39, 0.29) is 11.6 Å². The van der Waals surface area contributed by atoms with Gasteiger partial charge in [-0.2, -0.15) is 13.2 Å². The SMILES string of the molecule is CC(C)N1CCCc2ccc(C(F)(F)F)cc21.CCC(C)N1CCCc2ccc(C(F)F)cc21. The minimum absolute atomic E-state index is 0.138. The normalized spacial score (nSPS) is 16.7. The summed E-state index contributed by atoms with van der Waals surface area (Å²) < 4.78 is 63.5. The summed E-state index contributed by atoms with van der Waals surface area (Å²) in [6, 6.07) is 9.84. The van der Waals surface area contributed by atoms with E-state index in [0.29, 0.717) is 6.04 Å². The highest BCUT2D eigenvalue weighted by atomic mass is 19.4. The van der Waals surface area contributed by atoms with Crippen LogP contribution in [-0.2, 0) is 19.0 Å². The van der Waals surface area contributed by atoms with Gasteiger partial charge in [0.25, 0.3) is 6.43 Å². The Kier molecular flexibility index (Phi) is 8.47. The Hall–Kier alpha value is -2.31. The number of hydrogen-bond acceptors (Lipinski definition) is 2. The predicted molar refractivity (Wildman–Crippen MR) is 129 cm³/mol. The van der Waals surface area contributed by atoms with Crippen LogP contribution in [0.25, 0.3) is 0 Å². The second kappa shape index (κ2) is 11.0. The monoisotopic (exact) mass is 482 g/mol. The molecular weight excluding hydrogens is 447 g/mol.